The quantitative estimate of drug-likeness (QED) is 0.861. The molecule has 0 saturated carbocycles. The van der Waals surface area contributed by atoms with Gasteiger partial charge in [0.05, 0.1) is 0 Å². The number of anilines is 1. The summed E-state index contributed by atoms with van der Waals surface area (Å²) in [7, 11) is 0. The molecule has 2 rings (SSSR count). The summed E-state index contributed by atoms with van der Waals surface area (Å²) in [5, 5.41) is 14.1. The van der Waals surface area contributed by atoms with Gasteiger partial charge in [-0.15, -0.1) is 0 Å². The maximum absolute atomic E-state index is 9.61. The van der Waals surface area contributed by atoms with Crippen molar-refractivity contribution in [2.75, 3.05) is 5.32 Å². The maximum Gasteiger partial charge on any atom is 0.120 e. The van der Waals surface area contributed by atoms with Crippen molar-refractivity contribution in [3.05, 3.63) is 57.6 Å². The van der Waals surface area contributed by atoms with Crippen LogP contribution in [-0.2, 0) is 6.54 Å². The van der Waals surface area contributed by atoms with Crippen LogP contribution in [0.15, 0.2) is 36.4 Å². The van der Waals surface area contributed by atoms with Crippen LogP contribution < -0.4 is 5.32 Å². The number of halogens is 2. The van der Waals surface area contributed by atoms with Crippen LogP contribution in [0.4, 0.5) is 5.69 Å². The molecule has 0 heterocycles. The van der Waals surface area contributed by atoms with Crippen LogP contribution in [0.1, 0.15) is 11.1 Å². The highest BCUT2D eigenvalue weighted by Gasteiger charge is 2.05. The van der Waals surface area contributed by atoms with Gasteiger partial charge in [-0.25, -0.2) is 0 Å². The minimum atomic E-state index is 0.269. The predicted octanol–water partition coefficient (Wildman–Crippen LogP) is 4.62. The third-order valence-corrected chi connectivity index (χ3v) is 3.45. The summed E-state index contributed by atoms with van der Waals surface area (Å²) >= 11 is 12.2. The molecule has 0 fully saturated rings. The third-order valence-electron chi connectivity index (χ3n) is 2.74. The summed E-state index contributed by atoms with van der Waals surface area (Å²) < 4.78 is 0. The van der Waals surface area contributed by atoms with Crippen LogP contribution in [0, 0.1) is 6.92 Å². The van der Waals surface area contributed by atoms with Crippen LogP contribution in [0.3, 0.4) is 0 Å². The van der Waals surface area contributed by atoms with E-state index in [1.807, 2.05) is 25.1 Å². The normalized spacial score (nSPS) is 10.4. The lowest BCUT2D eigenvalue weighted by Gasteiger charge is -2.10. The smallest absolute Gasteiger partial charge is 0.120 e. The van der Waals surface area contributed by atoms with Crippen LogP contribution >= 0.6 is 23.2 Å². The Bertz CT molecular complexity index is 549. The van der Waals surface area contributed by atoms with Crippen molar-refractivity contribution in [1.29, 1.82) is 0 Å². The van der Waals surface area contributed by atoms with E-state index in [9.17, 15) is 5.11 Å². The molecule has 0 aromatic heterocycles. The van der Waals surface area contributed by atoms with Crippen LogP contribution in [0.2, 0.25) is 10.0 Å². The molecule has 4 heteroatoms. The van der Waals surface area contributed by atoms with Crippen LogP contribution in [0.25, 0.3) is 0 Å². The number of benzene rings is 2. The number of hydrogen-bond acceptors (Lipinski definition) is 2. The third kappa shape index (κ3) is 2.89. The second-order valence-corrected chi connectivity index (χ2v) is 4.87. The summed E-state index contributed by atoms with van der Waals surface area (Å²) in [6.45, 7) is 2.37. The minimum Gasteiger partial charge on any atom is -0.508 e. The van der Waals surface area contributed by atoms with Gasteiger partial charge in [0.15, 0.2) is 0 Å². The molecule has 0 unspecified atom stereocenters. The monoisotopic (exact) mass is 281 g/mol. The Kier molecular flexibility index (Phi) is 4.00. The molecule has 2 aromatic rings. The van der Waals surface area contributed by atoms with E-state index in [4.69, 9.17) is 23.2 Å². The van der Waals surface area contributed by atoms with Gasteiger partial charge < -0.3 is 10.4 Å². The van der Waals surface area contributed by atoms with Crippen LogP contribution in [-0.4, -0.2) is 5.11 Å². The molecule has 0 aliphatic heterocycles. The largest absolute Gasteiger partial charge is 0.508 e. The van der Waals surface area contributed by atoms with E-state index in [2.05, 4.69) is 5.32 Å². The summed E-state index contributed by atoms with van der Waals surface area (Å²) in [4.78, 5) is 0. The molecule has 0 saturated heterocycles. The van der Waals surface area contributed by atoms with E-state index < -0.39 is 0 Å². The van der Waals surface area contributed by atoms with E-state index >= 15 is 0 Å². The second-order valence-electron chi connectivity index (χ2n) is 4.06. The average Bonchev–Trinajstić information content (AvgIpc) is 2.33. The number of aryl methyl sites for hydroxylation is 1. The molecule has 0 aliphatic rings. The molecule has 2 nitrogen and oxygen atoms in total. The van der Waals surface area contributed by atoms with Crippen molar-refractivity contribution < 1.29 is 5.11 Å². The molecule has 0 aliphatic carbocycles. The molecule has 2 aromatic carbocycles. The minimum absolute atomic E-state index is 0.269. The van der Waals surface area contributed by atoms with Gasteiger partial charge in [-0.1, -0.05) is 35.3 Å². The Morgan fingerprint density at radius 3 is 2.39 bits per heavy atom. The Balaban J connectivity index is 2.14. The first-order chi connectivity index (χ1) is 8.58. The zero-order valence-electron chi connectivity index (χ0n) is 9.87. The number of phenolic OH excluding ortho intramolecular Hbond substituents is 1. The van der Waals surface area contributed by atoms with Crippen molar-refractivity contribution in [1.82, 2.24) is 0 Å². The first kappa shape index (κ1) is 13.1. The molecule has 18 heavy (non-hydrogen) atoms. The van der Waals surface area contributed by atoms with E-state index in [-0.39, 0.29) is 5.75 Å². The number of phenols is 1. The molecule has 0 atom stereocenters. The highest BCUT2D eigenvalue weighted by molar-refractivity contribution is 6.36. The molecular formula is C14H13Cl2NO. The fraction of sp³-hybridized carbons (Fsp3) is 0.143. The molecule has 2 N–H and O–H groups in total. The SMILES string of the molecule is Cc1ccc(NCc2c(Cl)cccc2Cl)cc1O. The van der Waals surface area contributed by atoms with Gasteiger partial charge in [-0.05, 0) is 30.7 Å². The summed E-state index contributed by atoms with van der Waals surface area (Å²) in [5.74, 6) is 0.269. The van der Waals surface area contributed by atoms with E-state index in [0.29, 0.717) is 16.6 Å². The second kappa shape index (κ2) is 5.51. The summed E-state index contributed by atoms with van der Waals surface area (Å²) in [6.07, 6.45) is 0. The molecule has 0 radical (unpaired) electrons. The Hall–Kier alpha value is -1.38. The average molecular weight is 282 g/mol. The number of nitrogens with one attached hydrogen (secondary N) is 1. The summed E-state index contributed by atoms with van der Waals surface area (Å²) in [5.41, 5.74) is 2.52. The predicted molar refractivity (Wildman–Crippen MR) is 76.6 cm³/mol. The van der Waals surface area contributed by atoms with Crippen LogP contribution in [0.5, 0.6) is 5.75 Å². The number of hydrogen-bond donors (Lipinski definition) is 2. The molecule has 0 bridgehead atoms. The van der Waals surface area contributed by atoms with Gasteiger partial charge >= 0.3 is 0 Å². The lowest BCUT2D eigenvalue weighted by atomic mass is 10.2. The molecule has 0 spiro atoms. The van der Waals surface area contributed by atoms with Crippen molar-refractivity contribution in [2.24, 2.45) is 0 Å². The van der Waals surface area contributed by atoms with Gasteiger partial charge in [0.25, 0.3) is 0 Å². The maximum atomic E-state index is 9.61. The number of aromatic hydroxyl groups is 1. The Morgan fingerprint density at radius 2 is 1.78 bits per heavy atom. The standard InChI is InChI=1S/C14H13Cl2NO/c1-9-5-6-10(7-14(9)18)17-8-11-12(15)3-2-4-13(11)16/h2-7,17-18H,8H2,1H3. The van der Waals surface area contributed by atoms with Gasteiger partial charge in [-0.3, -0.25) is 0 Å². The molecule has 0 amide bonds. The zero-order valence-corrected chi connectivity index (χ0v) is 11.4. The van der Waals surface area contributed by atoms with E-state index in [1.165, 1.54) is 0 Å². The highest BCUT2D eigenvalue weighted by Crippen LogP contribution is 2.26. The lowest BCUT2D eigenvalue weighted by molar-refractivity contribution is 0.471. The molecule has 94 valence electrons. The number of rotatable bonds is 3. The van der Waals surface area contributed by atoms with Gasteiger partial charge in [0.1, 0.15) is 5.75 Å². The highest BCUT2D eigenvalue weighted by atomic mass is 35.5. The Morgan fingerprint density at radius 1 is 1.11 bits per heavy atom. The van der Waals surface area contributed by atoms with Gasteiger partial charge in [-0.2, -0.15) is 0 Å². The zero-order chi connectivity index (χ0) is 13.1. The van der Waals surface area contributed by atoms with Crippen molar-refractivity contribution in [2.45, 2.75) is 13.5 Å². The first-order valence-electron chi connectivity index (χ1n) is 5.54. The van der Waals surface area contributed by atoms with Crippen molar-refractivity contribution >= 4 is 28.9 Å². The van der Waals surface area contributed by atoms with Gasteiger partial charge in [0, 0.05) is 33.9 Å². The molecular weight excluding hydrogens is 269 g/mol. The van der Waals surface area contributed by atoms with Gasteiger partial charge in [0.2, 0.25) is 0 Å². The summed E-state index contributed by atoms with van der Waals surface area (Å²) in [6, 6.07) is 10.9. The fourth-order valence-electron chi connectivity index (χ4n) is 1.61. The van der Waals surface area contributed by atoms with E-state index in [1.54, 1.807) is 18.2 Å². The van der Waals surface area contributed by atoms with Crippen molar-refractivity contribution in [3.8, 4) is 5.75 Å². The Labute approximate surface area is 116 Å². The van der Waals surface area contributed by atoms with E-state index in [0.717, 1.165) is 16.8 Å². The van der Waals surface area contributed by atoms with Crippen molar-refractivity contribution in [3.63, 3.8) is 0 Å². The topological polar surface area (TPSA) is 32.3 Å². The lowest BCUT2D eigenvalue weighted by Crippen LogP contribution is -2.00. The fourth-order valence-corrected chi connectivity index (χ4v) is 2.14. The first-order valence-corrected chi connectivity index (χ1v) is 6.30.